The number of fused-ring (bicyclic) bond motifs is 3. The average Bonchev–Trinajstić information content (AvgIpc) is 2.40. The van der Waals surface area contributed by atoms with Crippen molar-refractivity contribution in [2.75, 3.05) is 0 Å². The molecule has 2 N–H and O–H groups in total. The summed E-state index contributed by atoms with van der Waals surface area (Å²) in [6.45, 7) is 10.4. The standard InChI is InChI=1S/C20H28O3/c1-11(2)13-9-12-10-14(21)18-19(3,4)7-6-8-20(18,5)15(12)17(23)16(13)22/h9-11,14,18,21,23H,6-8H2,1-5H3/t14-,18-,20+/m0/s1. The summed E-state index contributed by atoms with van der Waals surface area (Å²) in [5.74, 6) is -0.268. The molecule has 0 radical (unpaired) electrons. The smallest absolute Gasteiger partial charge is 0.223 e. The summed E-state index contributed by atoms with van der Waals surface area (Å²) in [5.41, 5.74) is 1.85. The normalized spacial score (nSPS) is 36.4. The topological polar surface area (TPSA) is 57.5 Å². The molecule has 1 fully saturated rings. The third kappa shape index (κ3) is 2.24. The Hall–Kier alpha value is -1.35. The molecule has 3 aliphatic rings. The van der Waals surface area contributed by atoms with E-state index in [-0.39, 0.29) is 34.2 Å². The van der Waals surface area contributed by atoms with Gasteiger partial charge in [-0.2, -0.15) is 0 Å². The zero-order chi connectivity index (χ0) is 17.2. The number of hydrogen-bond acceptors (Lipinski definition) is 3. The van der Waals surface area contributed by atoms with Gasteiger partial charge in [0.2, 0.25) is 5.78 Å². The van der Waals surface area contributed by atoms with Crippen LogP contribution in [0.3, 0.4) is 0 Å². The van der Waals surface area contributed by atoms with Crippen molar-refractivity contribution in [2.24, 2.45) is 22.7 Å². The van der Waals surface area contributed by atoms with Crippen molar-refractivity contribution < 1.29 is 15.0 Å². The van der Waals surface area contributed by atoms with E-state index in [1.165, 1.54) is 0 Å². The maximum absolute atomic E-state index is 12.6. The number of allylic oxidation sites excluding steroid dienone is 4. The highest BCUT2D eigenvalue weighted by Crippen LogP contribution is 2.61. The highest BCUT2D eigenvalue weighted by Gasteiger charge is 2.55. The number of carbonyl (C=O) groups is 1. The fourth-order valence-corrected chi connectivity index (χ4v) is 5.34. The van der Waals surface area contributed by atoms with Gasteiger partial charge in [-0.15, -0.1) is 0 Å². The first-order valence-corrected chi connectivity index (χ1v) is 8.70. The molecule has 3 nitrogen and oxygen atoms in total. The molecule has 3 aliphatic carbocycles. The predicted molar refractivity (Wildman–Crippen MR) is 90.9 cm³/mol. The number of ketones is 1. The van der Waals surface area contributed by atoms with Crippen LogP contribution in [0.15, 0.2) is 34.6 Å². The predicted octanol–water partition coefficient (Wildman–Crippen LogP) is 4.10. The first kappa shape index (κ1) is 16.5. The Morgan fingerprint density at radius 1 is 1.22 bits per heavy atom. The van der Waals surface area contributed by atoms with Crippen LogP contribution in [0.5, 0.6) is 0 Å². The molecular formula is C20H28O3. The highest BCUT2D eigenvalue weighted by molar-refractivity contribution is 6.10. The van der Waals surface area contributed by atoms with Crippen molar-refractivity contribution in [3.63, 3.8) is 0 Å². The molecule has 0 saturated heterocycles. The summed E-state index contributed by atoms with van der Waals surface area (Å²) in [4.78, 5) is 12.6. The van der Waals surface area contributed by atoms with Crippen LogP contribution in [0.4, 0.5) is 0 Å². The average molecular weight is 316 g/mol. The second-order valence-corrected chi connectivity index (χ2v) is 8.66. The largest absolute Gasteiger partial charge is 0.504 e. The van der Waals surface area contributed by atoms with Gasteiger partial charge < -0.3 is 10.2 Å². The second-order valence-electron chi connectivity index (χ2n) is 8.66. The van der Waals surface area contributed by atoms with E-state index < -0.39 is 6.10 Å². The van der Waals surface area contributed by atoms with Crippen LogP contribution in [0, 0.1) is 22.7 Å². The van der Waals surface area contributed by atoms with Crippen LogP contribution in [-0.4, -0.2) is 22.1 Å². The zero-order valence-electron chi connectivity index (χ0n) is 14.8. The highest BCUT2D eigenvalue weighted by atomic mass is 16.3. The van der Waals surface area contributed by atoms with Gasteiger partial charge in [0.05, 0.1) is 6.10 Å². The number of carbonyl (C=O) groups excluding carboxylic acids is 1. The van der Waals surface area contributed by atoms with Gasteiger partial charge in [-0.05, 0) is 41.9 Å². The van der Waals surface area contributed by atoms with Gasteiger partial charge in [-0.25, -0.2) is 0 Å². The lowest BCUT2D eigenvalue weighted by atomic mass is 9.49. The lowest BCUT2D eigenvalue weighted by Crippen LogP contribution is -2.52. The van der Waals surface area contributed by atoms with Gasteiger partial charge in [-0.1, -0.05) is 41.0 Å². The lowest BCUT2D eigenvalue weighted by molar-refractivity contribution is -0.115. The van der Waals surface area contributed by atoms with Crippen molar-refractivity contribution in [1.82, 2.24) is 0 Å². The number of aliphatic hydroxyl groups excluding tert-OH is 2. The summed E-state index contributed by atoms with van der Waals surface area (Å²) in [6.07, 6.45) is 6.19. The van der Waals surface area contributed by atoms with Gasteiger partial charge >= 0.3 is 0 Å². The monoisotopic (exact) mass is 316 g/mol. The van der Waals surface area contributed by atoms with Gasteiger partial charge in [0.15, 0.2) is 5.76 Å². The molecule has 126 valence electrons. The van der Waals surface area contributed by atoms with Crippen LogP contribution in [0.2, 0.25) is 0 Å². The fourth-order valence-electron chi connectivity index (χ4n) is 5.34. The Morgan fingerprint density at radius 2 is 1.87 bits per heavy atom. The summed E-state index contributed by atoms with van der Waals surface area (Å²) in [7, 11) is 0. The van der Waals surface area contributed by atoms with Crippen LogP contribution in [0.1, 0.15) is 53.9 Å². The van der Waals surface area contributed by atoms with Gasteiger partial charge in [0.1, 0.15) is 0 Å². The van der Waals surface area contributed by atoms with E-state index in [4.69, 9.17) is 0 Å². The van der Waals surface area contributed by atoms with Crippen molar-refractivity contribution in [2.45, 2.75) is 60.0 Å². The number of aliphatic hydroxyl groups is 2. The molecule has 1 saturated carbocycles. The summed E-state index contributed by atoms with van der Waals surface area (Å²) in [6, 6.07) is 0. The second kappa shape index (κ2) is 5.07. The Bertz CT molecular complexity index is 648. The Morgan fingerprint density at radius 3 is 2.48 bits per heavy atom. The van der Waals surface area contributed by atoms with E-state index in [0.717, 1.165) is 30.4 Å². The van der Waals surface area contributed by atoms with Crippen molar-refractivity contribution in [3.05, 3.63) is 34.6 Å². The molecular weight excluding hydrogens is 288 g/mol. The van der Waals surface area contributed by atoms with Gasteiger partial charge in [-0.3, -0.25) is 4.79 Å². The van der Waals surface area contributed by atoms with E-state index in [2.05, 4.69) is 20.8 Å². The number of hydrogen-bond donors (Lipinski definition) is 2. The molecule has 0 aromatic rings. The lowest BCUT2D eigenvalue weighted by Gasteiger charge is -2.56. The van der Waals surface area contributed by atoms with Crippen LogP contribution in [-0.2, 0) is 4.79 Å². The van der Waals surface area contributed by atoms with E-state index in [9.17, 15) is 15.0 Å². The van der Waals surface area contributed by atoms with E-state index >= 15 is 0 Å². The maximum Gasteiger partial charge on any atom is 0.223 e. The molecule has 23 heavy (non-hydrogen) atoms. The summed E-state index contributed by atoms with van der Waals surface area (Å²) in [5, 5.41) is 21.5. The molecule has 0 bridgehead atoms. The third-order valence-corrected chi connectivity index (χ3v) is 6.24. The number of rotatable bonds is 1. The molecule has 0 aromatic heterocycles. The van der Waals surface area contributed by atoms with E-state index in [0.29, 0.717) is 5.57 Å². The fraction of sp³-hybridized carbons (Fsp3) is 0.650. The molecule has 0 aromatic carbocycles. The van der Waals surface area contributed by atoms with E-state index in [1.807, 2.05) is 26.0 Å². The zero-order valence-corrected chi connectivity index (χ0v) is 14.8. The first-order valence-electron chi connectivity index (χ1n) is 8.70. The minimum atomic E-state index is -0.542. The SMILES string of the molecule is CC(C)C1=CC2=C[C@H](O)[C@H]3C(C)(C)CCC[C@]3(C)C2=C(O)C1=O. The third-order valence-electron chi connectivity index (χ3n) is 6.24. The molecule has 0 aliphatic heterocycles. The first-order chi connectivity index (χ1) is 10.6. The molecule has 0 spiro atoms. The molecule has 0 unspecified atom stereocenters. The summed E-state index contributed by atoms with van der Waals surface area (Å²) >= 11 is 0. The minimum absolute atomic E-state index is 0.0199. The van der Waals surface area contributed by atoms with Crippen molar-refractivity contribution in [3.8, 4) is 0 Å². The maximum atomic E-state index is 12.6. The van der Waals surface area contributed by atoms with Crippen molar-refractivity contribution in [1.29, 1.82) is 0 Å². The molecule has 0 amide bonds. The van der Waals surface area contributed by atoms with E-state index in [1.54, 1.807) is 0 Å². The Balaban J connectivity index is 2.22. The van der Waals surface area contributed by atoms with Crippen molar-refractivity contribution >= 4 is 5.78 Å². The van der Waals surface area contributed by atoms with Gasteiger partial charge in [0.25, 0.3) is 0 Å². The number of Topliss-reactive ketones (excluding diaryl/α,β-unsaturated/α-hetero) is 1. The summed E-state index contributed by atoms with van der Waals surface area (Å²) < 4.78 is 0. The Kier molecular flexibility index (Phi) is 3.64. The minimum Gasteiger partial charge on any atom is -0.504 e. The van der Waals surface area contributed by atoms with Crippen LogP contribution < -0.4 is 0 Å². The van der Waals surface area contributed by atoms with Gasteiger partial charge in [0, 0.05) is 22.5 Å². The molecule has 3 rings (SSSR count). The van der Waals surface area contributed by atoms with Crippen LogP contribution >= 0.6 is 0 Å². The quantitative estimate of drug-likeness (QED) is 0.766. The Labute approximate surface area is 138 Å². The molecule has 3 atom stereocenters. The molecule has 3 heteroatoms. The van der Waals surface area contributed by atoms with Crippen LogP contribution in [0.25, 0.3) is 0 Å². The molecule has 0 heterocycles.